The highest BCUT2D eigenvalue weighted by atomic mass is 32.2. The molecule has 0 bridgehead atoms. The number of hydrogen-bond acceptors (Lipinski definition) is 4. The summed E-state index contributed by atoms with van der Waals surface area (Å²) in [6.07, 6.45) is 5.18. The molecule has 1 aromatic heterocycles. The largest absolute Gasteiger partial charge is 0.332 e. The lowest BCUT2D eigenvalue weighted by molar-refractivity contribution is 0.0735. The monoisotopic (exact) mass is 443 g/mol. The number of nitrogens with one attached hydrogen (secondary N) is 1. The van der Waals surface area contributed by atoms with Crippen molar-refractivity contribution in [2.75, 3.05) is 11.3 Å². The van der Waals surface area contributed by atoms with Crippen LogP contribution in [0.25, 0.3) is 0 Å². The van der Waals surface area contributed by atoms with Crippen molar-refractivity contribution in [1.29, 1.82) is 0 Å². The Morgan fingerprint density at radius 2 is 1.84 bits per heavy atom. The van der Waals surface area contributed by atoms with Crippen LogP contribution in [0.4, 0.5) is 14.5 Å². The van der Waals surface area contributed by atoms with Gasteiger partial charge in [-0.25, -0.2) is 17.2 Å². The van der Waals surface area contributed by atoms with Gasteiger partial charge in [0.25, 0.3) is 15.9 Å². The number of halogens is 2. The van der Waals surface area contributed by atoms with Gasteiger partial charge in [-0.15, -0.1) is 0 Å². The summed E-state index contributed by atoms with van der Waals surface area (Å²) in [5.74, 6) is -2.53. The number of amides is 1. The average Bonchev–Trinajstić information content (AvgIpc) is 3.26. The predicted molar refractivity (Wildman–Crippen MR) is 111 cm³/mol. The zero-order valence-electron chi connectivity index (χ0n) is 16.3. The van der Waals surface area contributed by atoms with Crippen LogP contribution in [0.15, 0.2) is 71.9 Å². The summed E-state index contributed by atoms with van der Waals surface area (Å²) in [6.45, 7) is 0.628. The maximum Gasteiger partial charge on any atom is 0.261 e. The van der Waals surface area contributed by atoms with Crippen molar-refractivity contribution in [1.82, 2.24) is 9.88 Å². The Kier molecular flexibility index (Phi) is 5.69. The van der Waals surface area contributed by atoms with Crippen LogP contribution in [0, 0.1) is 11.6 Å². The molecule has 160 valence electrons. The molecule has 4 rings (SSSR count). The van der Waals surface area contributed by atoms with Crippen molar-refractivity contribution in [3.8, 4) is 0 Å². The summed E-state index contributed by atoms with van der Waals surface area (Å²) in [5, 5.41) is 0. The van der Waals surface area contributed by atoms with Crippen molar-refractivity contribution in [2.24, 2.45) is 0 Å². The minimum Gasteiger partial charge on any atom is -0.332 e. The Labute approximate surface area is 178 Å². The number of aromatic nitrogens is 1. The van der Waals surface area contributed by atoms with Gasteiger partial charge in [0, 0.05) is 30.2 Å². The molecule has 1 fully saturated rings. The van der Waals surface area contributed by atoms with Crippen LogP contribution >= 0.6 is 0 Å². The summed E-state index contributed by atoms with van der Waals surface area (Å²) >= 11 is 0. The minimum atomic E-state index is -4.11. The van der Waals surface area contributed by atoms with Gasteiger partial charge in [-0.2, -0.15) is 0 Å². The third kappa shape index (κ3) is 4.41. The van der Waals surface area contributed by atoms with Crippen LogP contribution in [0.1, 0.15) is 34.8 Å². The number of carbonyl (C=O) groups excluding carboxylic acids is 1. The van der Waals surface area contributed by atoms with E-state index in [2.05, 4.69) is 9.71 Å². The molecule has 1 aliphatic heterocycles. The first-order valence-electron chi connectivity index (χ1n) is 9.64. The van der Waals surface area contributed by atoms with E-state index in [0.29, 0.717) is 18.2 Å². The van der Waals surface area contributed by atoms with E-state index in [1.165, 1.54) is 24.3 Å². The molecular weight excluding hydrogens is 424 g/mol. The summed E-state index contributed by atoms with van der Waals surface area (Å²) in [6, 6.07) is 12.1. The number of pyridine rings is 1. The molecule has 31 heavy (non-hydrogen) atoms. The maximum absolute atomic E-state index is 13.4. The summed E-state index contributed by atoms with van der Waals surface area (Å²) in [4.78, 5) is 18.5. The van der Waals surface area contributed by atoms with Gasteiger partial charge in [0.05, 0.1) is 10.9 Å². The van der Waals surface area contributed by atoms with Crippen LogP contribution in [-0.2, 0) is 10.0 Å². The number of benzene rings is 2. The quantitative estimate of drug-likeness (QED) is 0.643. The van der Waals surface area contributed by atoms with E-state index in [-0.39, 0.29) is 17.6 Å². The molecule has 1 aliphatic rings. The topological polar surface area (TPSA) is 79.4 Å². The maximum atomic E-state index is 13.4. The van der Waals surface area contributed by atoms with Gasteiger partial charge in [-0.3, -0.25) is 14.5 Å². The molecule has 0 saturated carbocycles. The molecule has 3 aromatic rings. The standard InChI is InChI=1S/C22H19F2N3O3S/c23-19-10-9-18(13-20(19)24)31(29,30)26-17-7-5-15(6-8-17)22(28)27-12-2-4-21(27)16-3-1-11-25-14-16/h1,3,5-11,13-14,21,26H,2,4,12H2/t21-/m0/s1. The van der Waals surface area contributed by atoms with Crippen molar-refractivity contribution in [3.05, 3.63) is 89.8 Å². The molecule has 0 aliphatic carbocycles. The second kappa shape index (κ2) is 8.43. The predicted octanol–water partition coefficient (Wildman–Crippen LogP) is 4.14. The number of rotatable bonds is 5. The first-order valence-corrected chi connectivity index (χ1v) is 11.1. The van der Waals surface area contributed by atoms with E-state index in [4.69, 9.17) is 0 Å². The van der Waals surface area contributed by atoms with Crippen molar-refractivity contribution >= 4 is 21.6 Å². The van der Waals surface area contributed by atoms with Crippen LogP contribution in [0.2, 0.25) is 0 Å². The van der Waals surface area contributed by atoms with E-state index >= 15 is 0 Å². The number of carbonyl (C=O) groups is 1. The molecule has 1 atom stereocenters. The molecule has 2 heterocycles. The van der Waals surface area contributed by atoms with Crippen molar-refractivity contribution < 1.29 is 22.0 Å². The molecule has 0 radical (unpaired) electrons. The zero-order chi connectivity index (χ0) is 22.0. The van der Waals surface area contributed by atoms with Gasteiger partial charge in [-0.05, 0) is 66.9 Å². The fraction of sp³-hybridized carbons (Fsp3) is 0.182. The smallest absolute Gasteiger partial charge is 0.261 e. The molecule has 2 aromatic carbocycles. The normalized spacial score (nSPS) is 16.3. The fourth-order valence-corrected chi connectivity index (χ4v) is 4.70. The average molecular weight is 443 g/mol. The SMILES string of the molecule is O=C(c1ccc(NS(=O)(=O)c2ccc(F)c(F)c2)cc1)N1CCC[C@H]1c1cccnc1. The Hall–Kier alpha value is -3.33. The minimum absolute atomic E-state index is 0.0484. The molecule has 1 saturated heterocycles. The Morgan fingerprint density at radius 3 is 2.52 bits per heavy atom. The van der Waals surface area contributed by atoms with Crippen LogP contribution in [-0.4, -0.2) is 30.8 Å². The van der Waals surface area contributed by atoms with Crippen molar-refractivity contribution in [2.45, 2.75) is 23.8 Å². The summed E-state index contributed by atoms with van der Waals surface area (Å²) in [5.41, 5.74) is 1.60. The number of nitrogens with zero attached hydrogens (tertiary/aromatic N) is 2. The number of sulfonamides is 1. The zero-order valence-corrected chi connectivity index (χ0v) is 17.1. The first-order chi connectivity index (χ1) is 14.8. The van der Waals surface area contributed by atoms with Crippen LogP contribution < -0.4 is 4.72 Å². The second-order valence-electron chi connectivity index (χ2n) is 7.20. The molecular formula is C22H19F2N3O3S. The Morgan fingerprint density at radius 1 is 1.06 bits per heavy atom. The third-order valence-electron chi connectivity index (χ3n) is 5.17. The van der Waals surface area contributed by atoms with Crippen LogP contribution in [0.5, 0.6) is 0 Å². The lowest BCUT2D eigenvalue weighted by Crippen LogP contribution is -2.30. The lowest BCUT2D eigenvalue weighted by atomic mass is 10.1. The number of hydrogen-bond donors (Lipinski definition) is 1. The molecule has 9 heteroatoms. The molecule has 0 spiro atoms. The highest BCUT2D eigenvalue weighted by Gasteiger charge is 2.30. The van der Waals surface area contributed by atoms with Gasteiger partial charge < -0.3 is 4.90 Å². The van der Waals surface area contributed by atoms with Gasteiger partial charge >= 0.3 is 0 Å². The number of anilines is 1. The third-order valence-corrected chi connectivity index (χ3v) is 6.55. The summed E-state index contributed by atoms with van der Waals surface area (Å²) < 4.78 is 53.6. The highest BCUT2D eigenvalue weighted by molar-refractivity contribution is 7.92. The Balaban J connectivity index is 1.50. The van der Waals surface area contributed by atoms with E-state index in [1.54, 1.807) is 17.3 Å². The second-order valence-corrected chi connectivity index (χ2v) is 8.88. The van der Waals surface area contributed by atoms with Gasteiger partial charge in [0.2, 0.25) is 0 Å². The number of likely N-dealkylation sites (tertiary alicyclic amines) is 1. The highest BCUT2D eigenvalue weighted by Crippen LogP contribution is 2.32. The molecule has 6 nitrogen and oxygen atoms in total. The molecule has 1 amide bonds. The van der Waals surface area contributed by atoms with Crippen molar-refractivity contribution in [3.63, 3.8) is 0 Å². The Bertz CT molecular complexity index is 1200. The van der Waals surface area contributed by atoms with E-state index in [1.807, 2.05) is 12.1 Å². The van der Waals surface area contributed by atoms with Gasteiger partial charge in [0.1, 0.15) is 0 Å². The molecule has 1 N–H and O–H groups in total. The van der Waals surface area contributed by atoms with Gasteiger partial charge in [-0.1, -0.05) is 6.07 Å². The van der Waals surface area contributed by atoms with Gasteiger partial charge in [0.15, 0.2) is 11.6 Å². The summed E-state index contributed by atoms with van der Waals surface area (Å²) in [7, 11) is -4.11. The lowest BCUT2D eigenvalue weighted by Gasteiger charge is -2.25. The van der Waals surface area contributed by atoms with E-state index in [9.17, 15) is 22.0 Å². The van der Waals surface area contributed by atoms with E-state index < -0.39 is 26.6 Å². The van der Waals surface area contributed by atoms with Crippen LogP contribution in [0.3, 0.4) is 0 Å². The molecule has 0 unspecified atom stereocenters. The first kappa shape index (κ1) is 20.9. The van der Waals surface area contributed by atoms with E-state index in [0.717, 1.165) is 30.5 Å². The fourth-order valence-electron chi connectivity index (χ4n) is 3.63.